The lowest BCUT2D eigenvalue weighted by atomic mass is 10.1. The zero-order valence-electron chi connectivity index (χ0n) is 5.94. The number of hydrogen-bond donors (Lipinski definition) is 1. The van der Waals surface area contributed by atoms with Gasteiger partial charge in [0.15, 0.2) is 0 Å². The molecule has 1 aliphatic rings. The molecule has 9 heavy (non-hydrogen) atoms. The number of allylic oxidation sites excluding steroid dienone is 1. The van der Waals surface area contributed by atoms with Crippen LogP contribution < -0.4 is 5.43 Å². The molecule has 2 heteroatoms. The van der Waals surface area contributed by atoms with Gasteiger partial charge in [0.25, 0.3) is 0 Å². The smallest absolute Gasteiger partial charge is 0.0392 e. The molecular formula is C7H12N2. The fraction of sp³-hybridized carbons (Fsp3) is 0.571. The largest absolute Gasteiger partial charge is 0.286 e. The van der Waals surface area contributed by atoms with Crippen molar-refractivity contribution in [3.8, 4) is 0 Å². The molecule has 0 bridgehead atoms. The van der Waals surface area contributed by atoms with Crippen molar-refractivity contribution in [1.82, 2.24) is 5.43 Å². The van der Waals surface area contributed by atoms with Crippen LogP contribution in [-0.2, 0) is 0 Å². The van der Waals surface area contributed by atoms with Gasteiger partial charge >= 0.3 is 0 Å². The number of nitrogens with one attached hydrogen (secondary N) is 1. The van der Waals surface area contributed by atoms with Crippen LogP contribution in [0.1, 0.15) is 26.7 Å². The molecule has 0 fully saturated rings. The highest BCUT2D eigenvalue weighted by molar-refractivity contribution is 5.84. The van der Waals surface area contributed by atoms with Gasteiger partial charge < -0.3 is 0 Å². The van der Waals surface area contributed by atoms with E-state index in [9.17, 15) is 0 Å². The number of nitrogens with zero attached hydrogens (tertiary/aromatic N) is 1. The Balaban J connectivity index is 2.51. The maximum atomic E-state index is 4.02. The minimum absolute atomic E-state index is 1.05. The van der Waals surface area contributed by atoms with Crippen molar-refractivity contribution in [3.05, 3.63) is 11.8 Å². The molecule has 1 N–H and O–H groups in total. The van der Waals surface area contributed by atoms with E-state index in [-0.39, 0.29) is 0 Å². The van der Waals surface area contributed by atoms with Crippen LogP contribution in [0.3, 0.4) is 0 Å². The van der Waals surface area contributed by atoms with Crippen molar-refractivity contribution in [1.29, 1.82) is 0 Å². The Bertz CT molecular complexity index is 156. The van der Waals surface area contributed by atoms with E-state index in [2.05, 4.69) is 17.5 Å². The summed E-state index contributed by atoms with van der Waals surface area (Å²) in [6.45, 7) is 4.20. The van der Waals surface area contributed by atoms with Crippen LogP contribution in [0.25, 0.3) is 0 Å². The van der Waals surface area contributed by atoms with Crippen LogP contribution in [0, 0.1) is 0 Å². The van der Waals surface area contributed by atoms with E-state index in [1.165, 1.54) is 11.3 Å². The summed E-state index contributed by atoms with van der Waals surface area (Å²) in [4.78, 5) is 0. The Morgan fingerprint density at radius 3 is 3.00 bits per heavy atom. The second kappa shape index (κ2) is 2.67. The first-order chi connectivity index (χ1) is 4.33. The topological polar surface area (TPSA) is 24.4 Å². The van der Waals surface area contributed by atoms with E-state index >= 15 is 0 Å². The quantitative estimate of drug-likeness (QED) is 0.564. The molecule has 0 aliphatic carbocycles. The highest BCUT2D eigenvalue weighted by atomic mass is 15.3. The van der Waals surface area contributed by atoms with E-state index in [0.29, 0.717) is 0 Å². The Labute approximate surface area is 55.6 Å². The highest BCUT2D eigenvalue weighted by Gasteiger charge is 2.00. The second-order valence-corrected chi connectivity index (χ2v) is 2.31. The van der Waals surface area contributed by atoms with Crippen LogP contribution in [0.15, 0.2) is 16.9 Å². The molecule has 1 heterocycles. The van der Waals surface area contributed by atoms with Gasteiger partial charge in [-0.2, -0.15) is 5.10 Å². The van der Waals surface area contributed by atoms with Gasteiger partial charge in [-0.25, -0.2) is 0 Å². The van der Waals surface area contributed by atoms with Gasteiger partial charge in [-0.1, -0.05) is 6.92 Å². The summed E-state index contributed by atoms with van der Waals surface area (Å²) in [5.41, 5.74) is 5.47. The van der Waals surface area contributed by atoms with Gasteiger partial charge in [-0.3, -0.25) is 5.43 Å². The zero-order chi connectivity index (χ0) is 6.69. The third kappa shape index (κ3) is 1.56. The van der Waals surface area contributed by atoms with E-state index in [1.807, 2.05) is 13.1 Å². The van der Waals surface area contributed by atoms with Gasteiger partial charge in [0.05, 0.1) is 0 Å². The highest BCUT2D eigenvalue weighted by Crippen LogP contribution is 2.08. The molecule has 1 rings (SSSR count). The van der Waals surface area contributed by atoms with Crippen LogP contribution in [-0.4, -0.2) is 5.71 Å². The summed E-state index contributed by atoms with van der Waals surface area (Å²) >= 11 is 0. The van der Waals surface area contributed by atoms with Crippen molar-refractivity contribution in [2.75, 3.05) is 0 Å². The second-order valence-electron chi connectivity index (χ2n) is 2.31. The zero-order valence-corrected chi connectivity index (χ0v) is 5.94. The third-order valence-corrected chi connectivity index (χ3v) is 1.46. The van der Waals surface area contributed by atoms with E-state index in [1.54, 1.807) is 0 Å². The predicted octanol–water partition coefficient (Wildman–Crippen LogP) is 1.65. The van der Waals surface area contributed by atoms with Crippen molar-refractivity contribution in [3.63, 3.8) is 0 Å². The van der Waals surface area contributed by atoms with E-state index in [0.717, 1.165) is 12.8 Å². The molecule has 0 saturated heterocycles. The van der Waals surface area contributed by atoms with Crippen LogP contribution >= 0.6 is 0 Å². The van der Waals surface area contributed by atoms with Crippen LogP contribution in [0.4, 0.5) is 0 Å². The third-order valence-electron chi connectivity index (χ3n) is 1.46. The first-order valence-electron chi connectivity index (χ1n) is 3.29. The summed E-state index contributed by atoms with van der Waals surface area (Å²) in [6.07, 6.45) is 4.15. The standard InChI is InChI=1S/C7H12N2/c1-3-7-4-6(2)9-8-5-7/h5,8H,3-4H2,1-2H3. The number of rotatable bonds is 1. The minimum atomic E-state index is 1.05. The SMILES string of the molecule is CCC1=CNN=C(C)C1. The van der Waals surface area contributed by atoms with Gasteiger partial charge in [-0.05, 0) is 18.9 Å². The maximum Gasteiger partial charge on any atom is 0.0392 e. The molecule has 1 aliphatic heterocycles. The Hall–Kier alpha value is -0.790. The molecule has 50 valence electrons. The van der Waals surface area contributed by atoms with Crippen molar-refractivity contribution in [2.45, 2.75) is 26.7 Å². The summed E-state index contributed by atoms with van der Waals surface area (Å²) < 4.78 is 0. The lowest BCUT2D eigenvalue weighted by molar-refractivity contribution is 0.873. The Kier molecular flexibility index (Phi) is 1.88. The molecule has 0 aromatic carbocycles. The van der Waals surface area contributed by atoms with Gasteiger partial charge in [0, 0.05) is 18.3 Å². The van der Waals surface area contributed by atoms with Crippen molar-refractivity contribution < 1.29 is 0 Å². The van der Waals surface area contributed by atoms with Gasteiger partial charge in [0.1, 0.15) is 0 Å². The molecule has 0 aromatic rings. The molecule has 0 saturated carbocycles. The first-order valence-corrected chi connectivity index (χ1v) is 3.29. The normalized spacial score (nSPS) is 18.0. The van der Waals surface area contributed by atoms with Gasteiger partial charge in [0.2, 0.25) is 0 Å². The molecular weight excluding hydrogens is 112 g/mol. The van der Waals surface area contributed by atoms with Crippen molar-refractivity contribution >= 4 is 5.71 Å². The molecule has 0 radical (unpaired) electrons. The summed E-state index contributed by atoms with van der Waals surface area (Å²) in [7, 11) is 0. The average Bonchev–Trinajstić information content (AvgIpc) is 1.88. The lowest BCUT2D eigenvalue weighted by Crippen LogP contribution is -2.09. The van der Waals surface area contributed by atoms with Crippen LogP contribution in [0.2, 0.25) is 0 Å². The monoisotopic (exact) mass is 124 g/mol. The predicted molar refractivity (Wildman–Crippen MR) is 39.2 cm³/mol. The lowest BCUT2D eigenvalue weighted by Gasteiger charge is -2.09. The Morgan fingerprint density at radius 2 is 2.56 bits per heavy atom. The van der Waals surface area contributed by atoms with Gasteiger partial charge in [-0.15, -0.1) is 0 Å². The maximum absolute atomic E-state index is 4.02. The number of hydrogen-bond acceptors (Lipinski definition) is 2. The average molecular weight is 124 g/mol. The fourth-order valence-electron chi connectivity index (χ4n) is 0.880. The fourth-order valence-corrected chi connectivity index (χ4v) is 0.880. The summed E-state index contributed by atoms with van der Waals surface area (Å²) in [5.74, 6) is 0. The van der Waals surface area contributed by atoms with Crippen LogP contribution in [0.5, 0.6) is 0 Å². The molecule has 0 atom stereocenters. The van der Waals surface area contributed by atoms with E-state index < -0.39 is 0 Å². The summed E-state index contributed by atoms with van der Waals surface area (Å²) in [6, 6.07) is 0. The molecule has 0 spiro atoms. The molecule has 0 unspecified atom stereocenters. The minimum Gasteiger partial charge on any atom is -0.286 e. The molecule has 0 amide bonds. The van der Waals surface area contributed by atoms with E-state index in [4.69, 9.17) is 0 Å². The number of hydrazone groups is 1. The first kappa shape index (κ1) is 6.33. The summed E-state index contributed by atoms with van der Waals surface area (Å²) in [5, 5.41) is 4.02. The molecule has 2 nitrogen and oxygen atoms in total. The van der Waals surface area contributed by atoms with Crippen molar-refractivity contribution in [2.24, 2.45) is 5.10 Å². The Morgan fingerprint density at radius 1 is 1.78 bits per heavy atom. The molecule has 0 aromatic heterocycles.